The van der Waals surface area contributed by atoms with Gasteiger partial charge in [-0.05, 0) is 105 Å². The van der Waals surface area contributed by atoms with Gasteiger partial charge in [0.2, 0.25) is 5.91 Å². The molecule has 1 amide bonds. The highest BCUT2D eigenvalue weighted by Crippen LogP contribution is 2.59. The molecule has 5 fully saturated rings. The molecule has 0 spiro atoms. The van der Waals surface area contributed by atoms with Crippen LogP contribution in [0.15, 0.2) is 0 Å². The van der Waals surface area contributed by atoms with Crippen LogP contribution in [-0.4, -0.2) is 45.8 Å². The lowest BCUT2D eigenvalue weighted by molar-refractivity contribution is -0.163. The van der Waals surface area contributed by atoms with Crippen molar-refractivity contribution in [3.8, 4) is 0 Å². The van der Waals surface area contributed by atoms with Gasteiger partial charge in [0.25, 0.3) is 0 Å². The van der Waals surface area contributed by atoms with Crippen LogP contribution in [0.1, 0.15) is 85.5 Å². The number of carbonyl (C=O) groups excluding carboxylic acids is 1. The quantitative estimate of drug-likeness (QED) is 0.643. The fourth-order valence-corrected chi connectivity index (χ4v) is 9.24. The van der Waals surface area contributed by atoms with Crippen molar-refractivity contribution >= 4 is 5.91 Å². The molecule has 176 valence electrons. The Morgan fingerprint density at radius 2 is 1.71 bits per heavy atom. The summed E-state index contributed by atoms with van der Waals surface area (Å²) in [6, 6.07) is 0.477. The zero-order chi connectivity index (χ0) is 22.1. The summed E-state index contributed by atoms with van der Waals surface area (Å²) in [4.78, 5) is 15.9. The lowest BCUT2D eigenvalue weighted by Gasteiger charge is -2.59. The van der Waals surface area contributed by atoms with Crippen LogP contribution < -0.4 is 0 Å². The molecule has 0 aromatic carbocycles. The minimum atomic E-state index is -0.299. The number of nitrogens with zero attached hydrogens (tertiary/aromatic N) is 1. The summed E-state index contributed by atoms with van der Waals surface area (Å²) in [5, 5.41) is 21.4. The lowest BCUT2D eigenvalue weighted by atomic mass is 9.48. The highest BCUT2D eigenvalue weighted by atomic mass is 16.3. The number of amides is 1. The van der Waals surface area contributed by atoms with Crippen molar-refractivity contribution in [2.24, 2.45) is 52.8 Å². The Morgan fingerprint density at radius 3 is 2.48 bits per heavy atom. The first kappa shape index (κ1) is 22.2. The fourth-order valence-electron chi connectivity index (χ4n) is 9.24. The summed E-state index contributed by atoms with van der Waals surface area (Å²) >= 11 is 0. The molecule has 31 heavy (non-hydrogen) atoms. The standard InChI is InChI=1S/C27H45NO3/c1-15-5-8-24-16(2)20-7-6-18(11-22(20)26(31)28(24)14-15)21-13-25(30)23-12-19(29)9-10-27(23,4)17(21)3/h15-25,29-30H,5-14H2,1-4H3/t15-,16+,17?,18+,19+,20+,21?,22?,23-,24+,25-,27-/m1/s1. The van der Waals surface area contributed by atoms with Crippen molar-refractivity contribution in [2.75, 3.05) is 6.54 Å². The number of rotatable bonds is 1. The number of hydrogen-bond donors (Lipinski definition) is 2. The minimum absolute atomic E-state index is 0.121. The molecule has 4 heteroatoms. The Balaban J connectivity index is 1.34. The van der Waals surface area contributed by atoms with Crippen LogP contribution in [0.25, 0.3) is 0 Å². The normalized spacial score (nSPS) is 55.2. The molecule has 0 bridgehead atoms. The Morgan fingerprint density at radius 1 is 0.935 bits per heavy atom. The van der Waals surface area contributed by atoms with E-state index in [9.17, 15) is 15.0 Å². The molecule has 2 heterocycles. The summed E-state index contributed by atoms with van der Waals surface area (Å²) < 4.78 is 0. The number of hydrogen-bond acceptors (Lipinski definition) is 3. The van der Waals surface area contributed by atoms with Crippen molar-refractivity contribution in [1.29, 1.82) is 0 Å². The molecular formula is C27H45NO3. The van der Waals surface area contributed by atoms with E-state index in [0.29, 0.717) is 47.5 Å². The highest BCUT2D eigenvalue weighted by Gasteiger charge is 2.56. The van der Waals surface area contributed by atoms with Crippen molar-refractivity contribution in [3.05, 3.63) is 0 Å². The van der Waals surface area contributed by atoms with Gasteiger partial charge in [-0.15, -0.1) is 0 Å². The highest BCUT2D eigenvalue weighted by molar-refractivity contribution is 5.81. The average molecular weight is 432 g/mol. The maximum absolute atomic E-state index is 13.6. The van der Waals surface area contributed by atoms with Gasteiger partial charge in [0.15, 0.2) is 0 Å². The van der Waals surface area contributed by atoms with E-state index in [2.05, 4.69) is 32.6 Å². The van der Waals surface area contributed by atoms with Gasteiger partial charge in [0.1, 0.15) is 0 Å². The third kappa shape index (κ3) is 3.50. The second-order valence-corrected chi connectivity index (χ2v) is 12.7. The summed E-state index contributed by atoms with van der Waals surface area (Å²) in [5.74, 6) is 4.34. The van der Waals surface area contributed by atoms with Crippen LogP contribution in [0.3, 0.4) is 0 Å². The number of carbonyl (C=O) groups is 1. The average Bonchev–Trinajstić information content (AvgIpc) is 2.75. The van der Waals surface area contributed by atoms with Crippen LogP contribution in [0.2, 0.25) is 0 Å². The molecule has 2 aliphatic heterocycles. The van der Waals surface area contributed by atoms with E-state index in [1.54, 1.807) is 0 Å². The summed E-state index contributed by atoms with van der Waals surface area (Å²) in [5.41, 5.74) is 0.121. The molecule has 3 unspecified atom stereocenters. The Kier molecular flexibility index (Phi) is 5.73. The van der Waals surface area contributed by atoms with E-state index < -0.39 is 0 Å². The minimum Gasteiger partial charge on any atom is -0.393 e. The molecule has 2 N–H and O–H groups in total. The van der Waals surface area contributed by atoms with E-state index in [4.69, 9.17) is 0 Å². The van der Waals surface area contributed by atoms with Crippen molar-refractivity contribution in [3.63, 3.8) is 0 Å². The predicted molar refractivity (Wildman–Crippen MR) is 122 cm³/mol. The van der Waals surface area contributed by atoms with Gasteiger partial charge in [-0.25, -0.2) is 0 Å². The molecule has 12 atom stereocenters. The third-order valence-electron chi connectivity index (χ3n) is 11.3. The largest absolute Gasteiger partial charge is 0.393 e. The zero-order valence-electron chi connectivity index (χ0n) is 20.2. The van der Waals surface area contributed by atoms with Crippen LogP contribution in [0.4, 0.5) is 0 Å². The van der Waals surface area contributed by atoms with Crippen LogP contribution in [-0.2, 0) is 4.79 Å². The molecule has 3 aliphatic carbocycles. The van der Waals surface area contributed by atoms with Crippen molar-refractivity contribution in [1.82, 2.24) is 4.90 Å². The molecule has 0 aromatic heterocycles. The van der Waals surface area contributed by atoms with E-state index in [-0.39, 0.29) is 29.5 Å². The van der Waals surface area contributed by atoms with Gasteiger partial charge in [-0.2, -0.15) is 0 Å². The lowest BCUT2D eigenvalue weighted by Crippen LogP contribution is -2.60. The number of fused-ring (bicyclic) bond motifs is 3. The third-order valence-corrected chi connectivity index (χ3v) is 11.3. The SMILES string of the molecule is CC1C([C@H]2CC[C@@H]3C(C2)C(=O)N2C[C@H](C)CC[C@H]2[C@H]3C)C[C@@H](O)[C@H]2C[C@@H](O)CC[C@]12C. The number of aliphatic hydroxyl groups excluding tert-OH is 2. The second kappa shape index (κ2) is 8.01. The maximum atomic E-state index is 13.6. The smallest absolute Gasteiger partial charge is 0.226 e. The maximum Gasteiger partial charge on any atom is 0.226 e. The summed E-state index contributed by atoms with van der Waals surface area (Å²) in [7, 11) is 0. The Labute approximate surface area is 189 Å². The van der Waals surface area contributed by atoms with Gasteiger partial charge in [-0.1, -0.05) is 27.7 Å². The second-order valence-electron chi connectivity index (χ2n) is 12.7. The summed E-state index contributed by atoms with van der Waals surface area (Å²) in [6.45, 7) is 10.5. The molecule has 4 nitrogen and oxygen atoms in total. The zero-order valence-corrected chi connectivity index (χ0v) is 20.2. The van der Waals surface area contributed by atoms with Gasteiger partial charge >= 0.3 is 0 Å². The van der Waals surface area contributed by atoms with Gasteiger partial charge in [0, 0.05) is 18.5 Å². The first-order valence-corrected chi connectivity index (χ1v) is 13.4. The topological polar surface area (TPSA) is 60.8 Å². The first-order valence-electron chi connectivity index (χ1n) is 13.4. The number of piperidine rings is 2. The van der Waals surface area contributed by atoms with Gasteiger partial charge in [0.05, 0.1) is 12.2 Å². The van der Waals surface area contributed by atoms with Crippen LogP contribution in [0.5, 0.6) is 0 Å². The molecule has 2 saturated heterocycles. The molecule has 0 aromatic rings. The number of aliphatic hydroxyl groups is 2. The van der Waals surface area contributed by atoms with Crippen molar-refractivity contribution in [2.45, 2.75) is 104 Å². The van der Waals surface area contributed by atoms with E-state index in [0.717, 1.165) is 38.6 Å². The van der Waals surface area contributed by atoms with Crippen molar-refractivity contribution < 1.29 is 15.0 Å². The van der Waals surface area contributed by atoms with Crippen LogP contribution >= 0.6 is 0 Å². The molecule has 3 saturated carbocycles. The monoisotopic (exact) mass is 431 g/mol. The van der Waals surface area contributed by atoms with E-state index >= 15 is 0 Å². The predicted octanol–water partition coefficient (Wildman–Crippen LogP) is 4.48. The first-order chi connectivity index (χ1) is 14.7. The molecule has 5 rings (SSSR count). The van der Waals surface area contributed by atoms with Crippen LogP contribution in [0, 0.1) is 52.8 Å². The molecule has 0 radical (unpaired) electrons. The molecular weight excluding hydrogens is 386 g/mol. The summed E-state index contributed by atoms with van der Waals surface area (Å²) in [6.07, 6.45) is 8.90. The Hall–Kier alpha value is -0.610. The molecule has 5 aliphatic rings. The van der Waals surface area contributed by atoms with E-state index in [1.165, 1.54) is 25.7 Å². The van der Waals surface area contributed by atoms with Gasteiger partial charge in [-0.3, -0.25) is 4.79 Å². The fraction of sp³-hybridized carbons (Fsp3) is 0.963. The van der Waals surface area contributed by atoms with Gasteiger partial charge < -0.3 is 15.1 Å². The van der Waals surface area contributed by atoms with E-state index in [1.807, 2.05) is 0 Å². The Bertz CT molecular complexity index is 696.